The van der Waals surface area contributed by atoms with E-state index in [4.69, 9.17) is 34.0 Å². The van der Waals surface area contributed by atoms with Gasteiger partial charge in [-0.25, -0.2) is 0 Å². The number of nitrogens with two attached hydrogens (primary N) is 1. The maximum Gasteiger partial charge on any atom is 0.0614 e. The summed E-state index contributed by atoms with van der Waals surface area (Å²) in [5.74, 6) is 0.166. The van der Waals surface area contributed by atoms with Gasteiger partial charge in [0.1, 0.15) is 0 Å². The molecule has 1 aromatic rings. The molecule has 5 heteroatoms. The Morgan fingerprint density at radius 3 is 2.60 bits per heavy atom. The Labute approximate surface area is 99.2 Å². The lowest BCUT2D eigenvalue weighted by atomic mass is 10.2. The monoisotopic (exact) mass is 248 g/mol. The zero-order valence-electron chi connectivity index (χ0n) is 8.43. The van der Waals surface area contributed by atoms with E-state index in [0.29, 0.717) is 22.3 Å². The first-order valence-corrected chi connectivity index (χ1v) is 5.39. The molecule has 0 radical (unpaired) electrons. The van der Waals surface area contributed by atoms with Crippen molar-refractivity contribution >= 4 is 34.6 Å². The van der Waals surface area contributed by atoms with Gasteiger partial charge in [-0.3, -0.25) is 0 Å². The fourth-order valence-electron chi connectivity index (χ4n) is 1.06. The first-order valence-electron chi connectivity index (χ1n) is 4.63. The van der Waals surface area contributed by atoms with Crippen LogP contribution in [0.2, 0.25) is 10.0 Å². The van der Waals surface area contributed by atoms with E-state index in [-0.39, 0.29) is 12.5 Å². The van der Waals surface area contributed by atoms with Gasteiger partial charge in [0, 0.05) is 13.2 Å². The van der Waals surface area contributed by atoms with Crippen molar-refractivity contribution in [3.8, 4) is 0 Å². The summed E-state index contributed by atoms with van der Waals surface area (Å²) in [6, 6.07) is 3.29. The van der Waals surface area contributed by atoms with E-state index in [0.717, 1.165) is 5.69 Å². The molecule has 0 aliphatic rings. The van der Waals surface area contributed by atoms with Gasteiger partial charge in [0.15, 0.2) is 0 Å². The van der Waals surface area contributed by atoms with E-state index in [1.807, 2.05) is 6.92 Å². The molecule has 0 bridgehead atoms. The average molecular weight is 249 g/mol. The van der Waals surface area contributed by atoms with E-state index in [9.17, 15) is 0 Å². The summed E-state index contributed by atoms with van der Waals surface area (Å²) < 4.78 is 0. The Kier molecular flexibility index (Phi) is 4.51. The van der Waals surface area contributed by atoms with Crippen molar-refractivity contribution < 1.29 is 5.11 Å². The molecule has 0 aromatic heterocycles. The normalized spacial score (nSPS) is 12.5. The molecule has 0 heterocycles. The number of nitrogen functional groups attached to an aromatic ring is 1. The SMILES string of the molecule is CC(CO)CNc1cc(Cl)c(Cl)cc1N. The number of benzene rings is 1. The number of anilines is 2. The first kappa shape index (κ1) is 12.4. The number of hydrogen-bond acceptors (Lipinski definition) is 3. The van der Waals surface area contributed by atoms with Gasteiger partial charge in [-0.1, -0.05) is 30.1 Å². The predicted octanol–water partition coefficient (Wildman–Crippen LogP) is 2.62. The van der Waals surface area contributed by atoms with Crippen LogP contribution in [-0.2, 0) is 0 Å². The zero-order chi connectivity index (χ0) is 11.4. The second kappa shape index (κ2) is 5.45. The highest BCUT2D eigenvalue weighted by molar-refractivity contribution is 6.42. The fraction of sp³-hybridized carbons (Fsp3) is 0.400. The van der Waals surface area contributed by atoms with Crippen molar-refractivity contribution in [2.75, 3.05) is 24.2 Å². The van der Waals surface area contributed by atoms with Crippen LogP contribution in [0.15, 0.2) is 12.1 Å². The number of nitrogens with one attached hydrogen (secondary N) is 1. The van der Waals surface area contributed by atoms with Crippen LogP contribution < -0.4 is 11.1 Å². The fourth-order valence-corrected chi connectivity index (χ4v) is 1.40. The van der Waals surface area contributed by atoms with Gasteiger partial charge in [-0.2, -0.15) is 0 Å². The Morgan fingerprint density at radius 2 is 2.00 bits per heavy atom. The summed E-state index contributed by atoms with van der Waals surface area (Å²) in [6.07, 6.45) is 0. The average Bonchev–Trinajstić information content (AvgIpc) is 2.21. The second-order valence-electron chi connectivity index (χ2n) is 3.52. The minimum atomic E-state index is 0.133. The maximum atomic E-state index is 8.86. The molecule has 0 saturated carbocycles. The summed E-state index contributed by atoms with van der Waals surface area (Å²) in [5, 5.41) is 12.9. The molecule has 84 valence electrons. The topological polar surface area (TPSA) is 58.3 Å². The van der Waals surface area contributed by atoms with E-state index in [2.05, 4.69) is 5.32 Å². The van der Waals surface area contributed by atoms with Crippen LogP contribution in [0.5, 0.6) is 0 Å². The predicted molar refractivity (Wildman–Crippen MR) is 65.6 cm³/mol. The van der Waals surface area contributed by atoms with Gasteiger partial charge in [-0.15, -0.1) is 0 Å². The maximum absolute atomic E-state index is 8.86. The van der Waals surface area contributed by atoms with Gasteiger partial charge in [0.25, 0.3) is 0 Å². The van der Waals surface area contributed by atoms with Crippen LogP contribution in [0, 0.1) is 5.92 Å². The lowest BCUT2D eigenvalue weighted by molar-refractivity contribution is 0.244. The third-order valence-electron chi connectivity index (χ3n) is 2.05. The molecule has 0 aliphatic carbocycles. The third-order valence-corrected chi connectivity index (χ3v) is 2.77. The summed E-state index contributed by atoms with van der Waals surface area (Å²) in [4.78, 5) is 0. The minimum Gasteiger partial charge on any atom is -0.397 e. The molecule has 15 heavy (non-hydrogen) atoms. The van der Waals surface area contributed by atoms with Crippen LogP contribution in [-0.4, -0.2) is 18.3 Å². The molecule has 1 rings (SSSR count). The third kappa shape index (κ3) is 3.45. The molecular weight excluding hydrogens is 235 g/mol. The van der Waals surface area contributed by atoms with Gasteiger partial charge < -0.3 is 16.2 Å². The van der Waals surface area contributed by atoms with Crippen molar-refractivity contribution in [1.82, 2.24) is 0 Å². The Balaban J connectivity index is 2.73. The Morgan fingerprint density at radius 1 is 1.40 bits per heavy atom. The van der Waals surface area contributed by atoms with Crippen LogP contribution in [0.1, 0.15) is 6.92 Å². The summed E-state index contributed by atoms with van der Waals surface area (Å²) in [5.41, 5.74) is 7.04. The lowest BCUT2D eigenvalue weighted by Crippen LogP contribution is -2.15. The van der Waals surface area contributed by atoms with Crippen LogP contribution in [0.25, 0.3) is 0 Å². The van der Waals surface area contributed by atoms with E-state index in [1.54, 1.807) is 12.1 Å². The number of aliphatic hydroxyl groups excluding tert-OH is 1. The standard InChI is InChI=1S/C10H14Cl2N2O/c1-6(5-15)4-14-10-3-8(12)7(11)2-9(10)13/h2-3,6,14-15H,4-5,13H2,1H3. The molecule has 0 fully saturated rings. The largest absolute Gasteiger partial charge is 0.397 e. The lowest BCUT2D eigenvalue weighted by Gasteiger charge is -2.13. The molecule has 0 amide bonds. The molecule has 3 nitrogen and oxygen atoms in total. The van der Waals surface area contributed by atoms with Gasteiger partial charge in [0.05, 0.1) is 21.4 Å². The van der Waals surface area contributed by atoms with Crippen molar-refractivity contribution in [2.24, 2.45) is 5.92 Å². The molecular formula is C10H14Cl2N2O. The van der Waals surface area contributed by atoms with Crippen LogP contribution >= 0.6 is 23.2 Å². The van der Waals surface area contributed by atoms with Crippen molar-refractivity contribution in [2.45, 2.75) is 6.92 Å². The van der Waals surface area contributed by atoms with Crippen LogP contribution in [0.4, 0.5) is 11.4 Å². The summed E-state index contributed by atoms with van der Waals surface area (Å²) in [6.45, 7) is 2.70. The van der Waals surface area contributed by atoms with Gasteiger partial charge in [-0.05, 0) is 18.1 Å². The molecule has 1 aromatic carbocycles. The van der Waals surface area contributed by atoms with E-state index in [1.165, 1.54) is 0 Å². The summed E-state index contributed by atoms with van der Waals surface area (Å²) in [7, 11) is 0. The highest BCUT2D eigenvalue weighted by atomic mass is 35.5. The highest BCUT2D eigenvalue weighted by Gasteiger charge is 2.06. The molecule has 0 aliphatic heterocycles. The highest BCUT2D eigenvalue weighted by Crippen LogP contribution is 2.30. The number of aliphatic hydroxyl groups is 1. The first-order chi connectivity index (χ1) is 7.04. The minimum absolute atomic E-state index is 0.133. The van der Waals surface area contributed by atoms with Crippen LogP contribution in [0.3, 0.4) is 0 Å². The smallest absolute Gasteiger partial charge is 0.0614 e. The van der Waals surface area contributed by atoms with Crippen molar-refractivity contribution in [3.63, 3.8) is 0 Å². The quantitative estimate of drug-likeness (QED) is 0.719. The van der Waals surface area contributed by atoms with Crippen molar-refractivity contribution in [1.29, 1.82) is 0 Å². The van der Waals surface area contributed by atoms with Crippen molar-refractivity contribution in [3.05, 3.63) is 22.2 Å². The number of hydrogen-bond donors (Lipinski definition) is 3. The van der Waals surface area contributed by atoms with Gasteiger partial charge in [0.2, 0.25) is 0 Å². The molecule has 1 unspecified atom stereocenters. The molecule has 1 atom stereocenters. The van der Waals surface area contributed by atoms with Gasteiger partial charge >= 0.3 is 0 Å². The Hall–Kier alpha value is -0.640. The molecule has 0 spiro atoms. The summed E-state index contributed by atoms with van der Waals surface area (Å²) >= 11 is 11.7. The molecule has 4 N–H and O–H groups in total. The second-order valence-corrected chi connectivity index (χ2v) is 4.34. The number of halogens is 2. The van der Waals surface area contributed by atoms with E-state index < -0.39 is 0 Å². The zero-order valence-corrected chi connectivity index (χ0v) is 9.94. The van der Waals surface area contributed by atoms with E-state index >= 15 is 0 Å². The number of rotatable bonds is 4. The Bertz CT molecular complexity index is 344. The molecule has 0 saturated heterocycles.